The van der Waals surface area contributed by atoms with Gasteiger partial charge in [0.1, 0.15) is 0 Å². The minimum absolute atomic E-state index is 0.659. The normalized spacial score (nSPS) is 11.6. The molecule has 2 nitrogen and oxygen atoms in total. The summed E-state index contributed by atoms with van der Waals surface area (Å²) >= 11 is -1.51. The highest BCUT2D eigenvalue weighted by atomic mass is 127. The molecule has 0 aliphatic carbocycles. The molecule has 1 aromatic heterocycles. The summed E-state index contributed by atoms with van der Waals surface area (Å²) in [7, 11) is 0. The third-order valence-electron chi connectivity index (χ3n) is 1.97. The number of carbonyl (C=O) groups is 1. The molecule has 1 heterocycles. The Balaban J connectivity index is 2.29. The first kappa shape index (κ1) is 14.3. The fourth-order valence-corrected chi connectivity index (χ4v) is 6.99. The number of carbonyl (C=O) groups excluding carboxylic acids is 1. The molecule has 0 fully saturated rings. The first-order valence-electron chi connectivity index (χ1n) is 5.06. The molecule has 0 N–H and O–H groups in total. The second-order valence-electron chi connectivity index (χ2n) is 3.32. The van der Waals surface area contributed by atoms with Crippen LogP contribution in [-0.2, 0) is 7.86 Å². The van der Waals surface area contributed by atoms with Crippen LogP contribution in [0.2, 0.25) is 0 Å². The maximum atomic E-state index is 12.3. The van der Waals surface area contributed by atoms with Crippen molar-refractivity contribution >= 4 is 17.3 Å². The molecule has 0 bridgehead atoms. The summed E-state index contributed by atoms with van der Waals surface area (Å²) in [5.41, 5.74) is 0. The van der Waals surface area contributed by atoms with Crippen molar-refractivity contribution in [2.45, 2.75) is 6.18 Å². The summed E-state index contributed by atoms with van der Waals surface area (Å²) in [6.07, 6.45) is -4.96. The van der Waals surface area contributed by atoms with Crippen LogP contribution in [-0.4, -0.2) is 12.1 Å². The van der Waals surface area contributed by atoms with Crippen LogP contribution in [0.25, 0.3) is 0 Å². The molecular weight excluding hydrogens is 392 g/mol. The first-order chi connectivity index (χ1) is 8.98. The van der Waals surface area contributed by atoms with E-state index in [0.29, 0.717) is 6.45 Å². The fraction of sp³-hybridized carbons (Fsp3) is 0.0833. The van der Waals surface area contributed by atoms with Crippen LogP contribution in [0.1, 0.15) is 0 Å². The monoisotopic (exact) mass is 400 g/mol. The Labute approximate surface area is 119 Å². The third-order valence-corrected chi connectivity index (χ3v) is 8.34. The molecule has 0 spiro atoms. The lowest BCUT2D eigenvalue weighted by molar-refractivity contribution is -1.04. The predicted octanol–water partition coefficient (Wildman–Crippen LogP) is 0.433. The molecule has 7 heteroatoms. The number of alkyl halides is 3. The molecule has 0 amide bonds. The fourth-order valence-electron chi connectivity index (χ4n) is 1.19. The highest BCUT2D eigenvalue weighted by molar-refractivity contribution is 7.07. The van der Waals surface area contributed by atoms with Crippen molar-refractivity contribution < 1.29 is 41.3 Å². The molecule has 0 saturated carbocycles. The van der Waals surface area contributed by atoms with Crippen LogP contribution in [0, 0.1) is 6.45 Å². The van der Waals surface area contributed by atoms with E-state index in [9.17, 15) is 18.0 Å². The number of thiophene rings is 1. The Morgan fingerprint density at radius 1 is 1.11 bits per heavy atom. The Hall–Kier alpha value is -1.09. The van der Waals surface area contributed by atoms with Crippen molar-refractivity contribution in [1.29, 1.82) is 0 Å². The van der Waals surface area contributed by atoms with E-state index >= 15 is 0 Å². The van der Waals surface area contributed by atoms with E-state index in [1.807, 2.05) is 0 Å². The van der Waals surface area contributed by atoms with Crippen molar-refractivity contribution in [3.05, 3.63) is 54.3 Å². The van der Waals surface area contributed by atoms with Gasteiger partial charge >= 0.3 is 32.4 Å². The minimum atomic E-state index is -4.96. The number of rotatable bonds is 3. The van der Waals surface area contributed by atoms with Gasteiger partial charge in [0.25, 0.3) is 0 Å². The lowest BCUT2D eigenvalue weighted by atomic mass is 10.4. The summed E-state index contributed by atoms with van der Waals surface area (Å²) in [5.74, 6) is -2.12. The maximum Gasteiger partial charge on any atom is 0.496 e. The quantitative estimate of drug-likeness (QED) is 0.699. The average Bonchev–Trinajstić information content (AvgIpc) is 2.89. The Kier molecular flexibility index (Phi) is 4.46. The summed E-state index contributed by atoms with van der Waals surface area (Å²) in [6, 6.07) is 12.0. The van der Waals surface area contributed by atoms with E-state index in [-0.39, 0.29) is 0 Å². The van der Waals surface area contributed by atoms with Gasteiger partial charge in [-0.3, -0.25) is 0 Å². The van der Waals surface area contributed by atoms with Gasteiger partial charge in [-0.25, -0.2) is 7.86 Å². The molecule has 0 atom stereocenters. The lowest BCUT2D eigenvalue weighted by Gasteiger charge is -2.05. The Morgan fingerprint density at radius 3 is 2.32 bits per heavy atom. The van der Waals surface area contributed by atoms with Gasteiger partial charge in [0.2, 0.25) is 2.88 Å². The number of benzene rings is 1. The van der Waals surface area contributed by atoms with Crippen molar-refractivity contribution in [3.63, 3.8) is 0 Å². The topological polar surface area (TPSA) is 26.3 Å². The highest BCUT2D eigenvalue weighted by Gasteiger charge is 2.48. The standard InChI is InChI=1S/C12H8F3IO2S/c13-12(14,15)11(17)18-16(10-7-4-8-19-10)9-5-2-1-3-6-9/h1-8H/q+1. The second kappa shape index (κ2) is 5.91. The highest BCUT2D eigenvalue weighted by Crippen LogP contribution is 2.14. The summed E-state index contributed by atoms with van der Waals surface area (Å²) < 4.78 is 43.1. The Morgan fingerprint density at radius 2 is 1.79 bits per heavy atom. The average molecular weight is 400 g/mol. The molecule has 19 heavy (non-hydrogen) atoms. The van der Waals surface area contributed by atoms with Gasteiger partial charge in [-0.2, -0.15) is 13.2 Å². The predicted molar refractivity (Wildman–Crippen MR) is 60.3 cm³/mol. The molecule has 0 aliphatic heterocycles. The van der Waals surface area contributed by atoms with Gasteiger partial charge in [0, 0.05) is 6.07 Å². The maximum absolute atomic E-state index is 12.3. The van der Waals surface area contributed by atoms with Crippen molar-refractivity contribution in [2.24, 2.45) is 0 Å². The van der Waals surface area contributed by atoms with Gasteiger partial charge < -0.3 is 0 Å². The number of hydrogen-bond donors (Lipinski definition) is 0. The van der Waals surface area contributed by atoms with E-state index in [0.717, 1.165) is 0 Å². The third kappa shape index (κ3) is 3.69. The van der Waals surface area contributed by atoms with Crippen LogP contribution in [0.3, 0.4) is 0 Å². The second-order valence-corrected chi connectivity index (χ2v) is 9.27. The largest absolute Gasteiger partial charge is 0.496 e. The smallest absolute Gasteiger partial charge is 0.236 e. The molecule has 0 saturated heterocycles. The van der Waals surface area contributed by atoms with Crippen molar-refractivity contribution in [1.82, 2.24) is 0 Å². The molecule has 2 rings (SSSR count). The summed E-state index contributed by atoms with van der Waals surface area (Å²) in [5, 5.41) is 1.75. The summed E-state index contributed by atoms with van der Waals surface area (Å²) in [4.78, 5) is 11.0. The van der Waals surface area contributed by atoms with E-state index in [1.54, 1.807) is 47.8 Å². The zero-order chi connectivity index (χ0) is 13.9. The van der Waals surface area contributed by atoms with E-state index in [4.69, 9.17) is 3.07 Å². The zero-order valence-corrected chi connectivity index (χ0v) is 12.3. The molecular formula is C12H8F3IO2S+. The molecule has 0 unspecified atom stereocenters. The molecule has 1 aromatic carbocycles. The number of halogens is 4. The Bertz CT molecular complexity index is 540. The van der Waals surface area contributed by atoms with Crippen molar-refractivity contribution in [3.8, 4) is 0 Å². The molecule has 2 aromatic rings. The minimum Gasteiger partial charge on any atom is -0.236 e. The van der Waals surface area contributed by atoms with Crippen LogP contribution in [0.5, 0.6) is 0 Å². The number of hydrogen-bond acceptors (Lipinski definition) is 3. The van der Waals surface area contributed by atoms with Gasteiger partial charge in [0.15, 0.2) is 3.57 Å². The van der Waals surface area contributed by atoms with Gasteiger partial charge in [-0.05, 0) is 23.6 Å². The zero-order valence-electron chi connectivity index (χ0n) is 9.36. The molecule has 101 valence electrons. The van der Waals surface area contributed by atoms with Crippen LogP contribution in [0.15, 0.2) is 47.8 Å². The van der Waals surface area contributed by atoms with Gasteiger partial charge in [-0.1, -0.05) is 29.5 Å². The first-order valence-corrected chi connectivity index (χ1v) is 8.98. The SMILES string of the molecule is O=C(O[I+](c1ccccc1)c1cccs1)C(F)(F)F. The van der Waals surface area contributed by atoms with E-state index in [1.165, 1.54) is 11.3 Å². The van der Waals surface area contributed by atoms with Gasteiger partial charge in [-0.15, -0.1) is 0 Å². The van der Waals surface area contributed by atoms with E-state index in [2.05, 4.69) is 0 Å². The molecule has 1 radical (unpaired) electrons. The lowest BCUT2D eigenvalue weighted by Crippen LogP contribution is -3.85. The van der Waals surface area contributed by atoms with Crippen LogP contribution in [0.4, 0.5) is 13.2 Å². The van der Waals surface area contributed by atoms with Crippen LogP contribution >= 0.6 is 11.3 Å². The summed E-state index contributed by atoms with van der Waals surface area (Å²) in [6.45, 7) is 0. The van der Waals surface area contributed by atoms with Crippen LogP contribution < -0.4 is 20.2 Å². The molecule has 0 aliphatic rings. The van der Waals surface area contributed by atoms with E-state index < -0.39 is 32.4 Å². The van der Waals surface area contributed by atoms with Gasteiger partial charge in [0.05, 0.1) is 0 Å². The van der Waals surface area contributed by atoms with Crippen molar-refractivity contribution in [2.75, 3.05) is 0 Å².